The minimum absolute atomic E-state index is 0.226. The Morgan fingerprint density at radius 2 is 2.35 bits per heavy atom. The van der Waals surface area contributed by atoms with Gasteiger partial charge in [-0.2, -0.15) is 0 Å². The van der Waals surface area contributed by atoms with E-state index in [2.05, 4.69) is 16.3 Å². The molecule has 1 aromatic rings. The van der Waals surface area contributed by atoms with Crippen LogP contribution in [0, 0.1) is 0 Å². The van der Waals surface area contributed by atoms with Crippen LogP contribution in [0.15, 0.2) is 24.3 Å². The maximum atomic E-state index is 9.15. The molecule has 17 heavy (non-hydrogen) atoms. The Balaban J connectivity index is 2.19. The van der Waals surface area contributed by atoms with Crippen LogP contribution in [0.25, 0.3) is 0 Å². The molecule has 1 aliphatic heterocycles. The molecule has 1 atom stereocenters. The minimum atomic E-state index is 0.226. The minimum Gasteiger partial charge on any atom is -0.396 e. The number of nitrogens with zero attached hydrogens (tertiary/aromatic N) is 1. The summed E-state index contributed by atoms with van der Waals surface area (Å²) < 4.78 is 0. The van der Waals surface area contributed by atoms with Crippen LogP contribution in [0.3, 0.4) is 0 Å². The quantitative estimate of drug-likeness (QED) is 0.865. The van der Waals surface area contributed by atoms with Crippen molar-refractivity contribution in [1.29, 1.82) is 0 Å². The monoisotopic (exact) mass is 254 g/mol. The highest BCUT2D eigenvalue weighted by Gasteiger charge is 2.20. The molecule has 0 amide bonds. The van der Waals surface area contributed by atoms with Gasteiger partial charge in [-0.05, 0) is 37.6 Å². The van der Waals surface area contributed by atoms with Gasteiger partial charge in [-0.3, -0.25) is 0 Å². The number of aliphatic hydroxyl groups excluding tert-OH is 1. The fraction of sp³-hybridized carbons (Fsp3) is 0.538. The molecular weight excluding hydrogens is 236 g/mol. The zero-order valence-corrected chi connectivity index (χ0v) is 10.7. The lowest BCUT2D eigenvalue weighted by molar-refractivity contribution is 0.273. The van der Waals surface area contributed by atoms with E-state index in [1.54, 1.807) is 0 Å². The first kappa shape index (κ1) is 12.7. The lowest BCUT2D eigenvalue weighted by atomic mass is 10.1. The second-order valence-electron chi connectivity index (χ2n) is 4.40. The van der Waals surface area contributed by atoms with Gasteiger partial charge in [0.05, 0.1) is 0 Å². The third kappa shape index (κ3) is 3.35. The van der Waals surface area contributed by atoms with Gasteiger partial charge in [-0.1, -0.05) is 17.7 Å². The summed E-state index contributed by atoms with van der Waals surface area (Å²) in [6.07, 6.45) is 1.91. The summed E-state index contributed by atoms with van der Waals surface area (Å²) in [5.74, 6) is 0. The highest BCUT2D eigenvalue weighted by atomic mass is 35.5. The number of hydrogen-bond acceptors (Lipinski definition) is 3. The van der Waals surface area contributed by atoms with Crippen LogP contribution in [0.4, 0.5) is 5.69 Å². The van der Waals surface area contributed by atoms with E-state index in [0.717, 1.165) is 43.2 Å². The zero-order valence-electron chi connectivity index (χ0n) is 9.90. The summed E-state index contributed by atoms with van der Waals surface area (Å²) in [4.78, 5) is 2.35. The van der Waals surface area contributed by atoms with Gasteiger partial charge in [0.25, 0.3) is 0 Å². The Bertz CT molecular complexity index is 359. The van der Waals surface area contributed by atoms with Crippen LogP contribution < -0.4 is 10.2 Å². The van der Waals surface area contributed by atoms with Gasteiger partial charge in [0.2, 0.25) is 0 Å². The highest BCUT2D eigenvalue weighted by molar-refractivity contribution is 6.30. The van der Waals surface area contributed by atoms with Crippen molar-refractivity contribution in [2.75, 3.05) is 31.1 Å². The van der Waals surface area contributed by atoms with Crippen LogP contribution in [0.5, 0.6) is 0 Å². The van der Waals surface area contributed by atoms with Gasteiger partial charge in [-0.25, -0.2) is 0 Å². The molecule has 2 N–H and O–H groups in total. The molecule has 2 rings (SSSR count). The van der Waals surface area contributed by atoms with Gasteiger partial charge >= 0.3 is 0 Å². The second-order valence-corrected chi connectivity index (χ2v) is 4.83. The maximum absolute atomic E-state index is 9.15. The number of rotatable bonds is 3. The number of hydrogen-bond donors (Lipinski definition) is 2. The van der Waals surface area contributed by atoms with Crippen LogP contribution in [-0.2, 0) is 0 Å². The summed E-state index contributed by atoms with van der Waals surface area (Å²) in [5.41, 5.74) is 1.15. The Hall–Kier alpha value is -0.770. The van der Waals surface area contributed by atoms with E-state index >= 15 is 0 Å². The predicted octanol–water partition coefficient (Wildman–Crippen LogP) is 1.89. The number of aliphatic hydroxyl groups is 1. The third-order valence-corrected chi connectivity index (χ3v) is 3.41. The van der Waals surface area contributed by atoms with Crippen molar-refractivity contribution in [1.82, 2.24) is 5.32 Å². The molecule has 1 fully saturated rings. The van der Waals surface area contributed by atoms with Crippen molar-refractivity contribution in [3.05, 3.63) is 29.3 Å². The zero-order chi connectivity index (χ0) is 12.1. The van der Waals surface area contributed by atoms with Gasteiger partial charge in [0.15, 0.2) is 0 Å². The predicted molar refractivity (Wildman–Crippen MR) is 71.8 cm³/mol. The highest BCUT2D eigenvalue weighted by Crippen LogP contribution is 2.23. The van der Waals surface area contributed by atoms with E-state index in [-0.39, 0.29) is 6.61 Å². The van der Waals surface area contributed by atoms with Crippen molar-refractivity contribution in [3.63, 3.8) is 0 Å². The summed E-state index contributed by atoms with van der Waals surface area (Å²) in [6, 6.07) is 8.30. The second kappa shape index (κ2) is 6.24. The molecule has 0 aliphatic carbocycles. The standard InChI is InChI=1S/C13H19ClN2O/c14-11-3-1-4-12(9-11)16-7-2-6-15-10-13(16)5-8-17/h1,3-4,9,13,15,17H,2,5-8,10H2. The topological polar surface area (TPSA) is 35.5 Å². The number of benzene rings is 1. The van der Waals surface area contributed by atoms with E-state index in [1.807, 2.05) is 18.2 Å². The fourth-order valence-electron chi connectivity index (χ4n) is 2.34. The van der Waals surface area contributed by atoms with Crippen LogP contribution in [0.2, 0.25) is 5.02 Å². The van der Waals surface area contributed by atoms with Crippen molar-refractivity contribution < 1.29 is 5.11 Å². The number of halogens is 1. The molecule has 4 heteroatoms. The summed E-state index contributed by atoms with van der Waals surface area (Å²) in [5, 5.41) is 13.3. The normalized spacial score (nSPS) is 21.3. The molecule has 1 aromatic carbocycles. The van der Waals surface area contributed by atoms with Gasteiger partial charge < -0.3 is 15.3 Å². The lowest BCUT2D eigenvalue weighted by Crippen LogP contribution is -2.40. The molecule has 0 spiro atoms. The summed E-state index contributed by atoms with van der Waals surface area (Å²) in [6.45, 7) is 3.20. The first-order valence-electron chi connectivity index (χ1n) is 6.15. The van der Waals surface area contributed by atoms with E-state index in [4.69, 9.17) is 16.7 Å². The molecule has 1 unspecified atom stereocenters. The van der Waals surface area contributed by atoms with Gasteiger partial charge in [0.1, 0.15) is 0 Å². The molecular formula is C13H19ClN2O. The smallest absolute Gasteiger partial charge is 0.0451 e. The third-order valence-electron chi connectivity index (χ3n) is 3.18. The summed E-state index contributed by atoms with van der Waals surface area (Å²) >= 11 is 6.04. The molecule has 1 aliphatic rings. The SMILES string of the molecule is OCCC1CNCCCN1c1cccc(Cl)c1. The van der Waals surface area contributed by atoms with E-state index in [9.17, 15) is 0 Å². The Labute approximate surface area is 107 Å². The number of anilines is 1. The molecule has 0 saturated carbocycles. The average molecular weight is 255 g/mol. The van der Waals surface area contributed by atoms with E-state index < -0.39 is 0 Å². The van der Waals surface area contributed by atoms with Crippen LogP contribution in [-0.4, -0.2) is 37.4 Å². The molecule has 1 heterocycles. The average Bonchev–Trinajstić information content (AvgIpc) is 2.55. The first-order valence-corrected chi connectivity index (χ1v) is 6.53. The molecule has 0 bridgehead atoms. The largest absolute Gasteiger partial charge is 0.396 e. The molecule has 1 saturated heterocycles. The Morgan fingerprint density at radius 1 is 1.47 bits per heavy atom. The van der Waals surface area contributed by atoms with E-state index in [1.165, 1.54) is 0 Å². The van der Waals surface area contributed by atoms with Crippen LogP contribution >= 0.6 is 11.6 Å². The molecule has 3 nitrogen and oxygen atoms in total. The molecule has 94 valence electrons. The number of nitrogens with one attached hydrogen (secondary N) is 1. The van der Waals surface area contributed by atoms with Gasteiger partial charge in [-0.15, -0.1) is 0 Å². The molecule has 0 aromatic heterocycles. The Kier molecular flexibility index (Phi) is 4.66. The van der Waals surface area contributed by atoms with Crippen molar-refractivity contribution in [2.45, 2.75) is 18.9 Å². The van der Waals surface area contributed by atoms with Crippen molar-refractivity contribution >= 4 is 17.3 Å². The van der Waals surface area contributed by atoms with Crippen molar-refractivity contribution in [2.24, 2.45) is 0 Å². The Morgan fingerprint density at radius 3 is 3.12 bits per heavy atom. The van der Waals surface area contributed by atoms with E-state index in [0.29, 0.717) is 6.04 Å². The first-order chi connectivity index (χ1) is 8.31. The van der Waals surface area contributed by atoms with Crippen LogP contribution in [0.1, 0.15) is 12.8 Å². The maximum Gasteiger partial charge on any atom is 0.0451 e. The lowest BCUT2D eigenvalue weighted by Gasteiger charge is -2.31. The summed E-state index contributed by atoms with van der Waals surface area (Å²) in [7, 11) is 0. The van der Waals surface area contributed by atoms with Gasteiger partial charge in [0, 0.05) is 36.4 Å². The molecule has 0 radical (unpaired) electrons. The van der Waals surface area contributed by atoms with Crippen molar-refractivity contribution in [3.8, 4) is 0 Å². The fourth-order valence-corrected chi connectivity index (χ4v) is 2.52.